The average molecular weight is 489 g/mol. The number of aryl methyl sites for hydroxylation is 3. The number of likely N-dealkylation sites (tertiary alicyclic amines) is 2. The summed E-state index contributed by atoms with van der Waals surface area (Å²) < 4.78 is 1.81. The monoisotopic (exact) mass is 488 g/mol. The molecule has 192 valence electrons. The van der Waals surface area contributed by atoms with Crippen molar-refractivity contribution in [2.24, 2.45) is 0 Å². The Hall–Kier alpha value is -2.77. The van der Waals surface area contributed by atoms with Gasteiger partial charge in [-0.3, -0.25) is 4.79 Å². The van der Waals surface area contributed by atoms with Gasteiger partial charge in [-0.1, -0.05) is 36.2 Å². The van der Waals surface area contributed by atoms with Crippen LogP contribution in [0, 0.1) is 20.8 Å². The molecule has 0 radical (unpaired) electrons. The van der Waals surface area contributed by atoms with E-state index in [9.17, 15) is 4.79 Å². The molecule has 1 aromatic carbocycles. The number of aromatic nitrogens is 3. The summed E-state index contributed by atoms with van der Waals surface area (Å²) in [5.74, 6) is -0.0732. The van der Waals surface area contributed by atoms with Crippen molar-refractivity contribution in [2.45, 2.75) is 65.3 Å². The lowest BCUT2D eigenvalue weighted by atomic mass is 10.00. The standard InChI is InChI=1S/C29H40N6O/c1-21-9-7-10-24(19-21)27-22(2)32-35-23(3)26(20-31-28(27)35)29(36)30-13-8-14-33-17-11-25(12-18-33)34-15-5-4-6-16-34/h7,9-10,19-20,25H,4-6,8,11-18H2,1-3H3,(H,30,36). The minimum atomic E-state index is -0.0732. The fourth-order valence-corrected chi connectivity index (χ4v) is 5.95. The van der Waals surface area contributed by atoms with Crippen LogP contribution in [0.4, 0.5) is 0 Å². The van der Waals surface area contributed by atoms with Gasteiger partial charge in [-0.05, 0) is 91.2 Å². The Labute approximate surface area is 214 Å². The van der Waals surface area contributed by atoms with E-state index in [2.05, 4.69) is 51.3 Å². The Balaban J connectivity index is 1.15. The van der Waals surface area contributed by atoms with Crippen LogP contribution in [0.1, 0.15) is 65.8 Å². The van der Waals surface area contributed by atoms with Gasteiger partial charge in [0.1, 0.15) is 0 Å². The summed E-state index contributed by atoms with van der Waals surface area (Å²) >= 11 is 0. The molecule has 5 rings (SSSR count). The number of fused-ring (bicyclic) bond motifs is 1. The Morgan fingerprint density at radius 1 is 1.06 bits per heavy atom. The number of nitrogens with zero attached hydrogens (tertiary/aromatic N) is 5. The Morgan fingerprint density at radius 3 is 2.58 bits per heavy atom. The molecule has 0 spiro atoms. The van der Waals surface area contributed by atoms with Crippen molar-refractivity contribution in [1.82, 2.24) is 29.7 Å². The maximum atomic E-state index is 13.0. The van der Waals surface area contributed by atoms with Gasteiger partial charge in [0.05, 0.1) is 17.0 Å². The molecule has 0 aliphatic carbocycles. The normalized spacial score (nSPS) is 18.1. The topological polar surface area (TPSA) is 65.8 Å². The second-order valence-electron chi connectivity index (χ2n) is 10.6. The summed E-state index contributed by atoms with van der Waals surface area (Å²) in [5, 5.41) is 7.83. The van der Waals surface area contributed by atoms with E-state index in [-0.39, 0.29) is 5.91 Å². The predicted octanol–water partition coefficient (Wildman–Crippen LogP) is 4.39. The number of hydrogen-bond acceptors (Lipinski definition) is 5. The van der Waals surface area contributed by atoms with E-state index >= 15 is 0 Å². The molecule has 0 unspecified atom stereocenters. The Kier molecular flexibility index (Phi) is 7.67. The third-order valence-electron chi connectivity index (χ3n) is 8.01. The van der Waals surface area contributed by atoms with Crippen LogP contribution >= 0.6 is 0 Å². The zero-order valence-corrected chi connectivity index (χ0v) is 22.1. The SMILES string of the molecule is Cc1cccc(-c2c(C)nn3c(C)c(C(=O)NCCCN4CCC(N5CCCCC5)CC4)cnc23)c1. The summed E-state index contributed by atoms with van der Waals surface area (Å²) in [6.07, 6.45) is 9.38. The van der Waals surface area contributed by atoms with Crippen LogP contribution < -0.4 is 5.32 Å². The van der Waals surface area contributed by atoms with Crippen molar-refractivity contribution >= 4 is 11.6 Å². The fourth-order valence-electron chi connectivity index (χ4n) is 5.95. The van der Waals surface area contributed by atoms with Crippen molar-refractivity contribution in [3.8, 4) is 11.1 Å². The van der Waals surface area contributed by atoms with Crippen LogP contribution in [0.15, 0.2) is 30.5 Å². The average Bonchev–Trinajstić information content (AvgIpc) is 3.24. The van der Waals surface area contributed by atoms with E-state index in [0.717, 1.165) is 47.2 Å². The number of benzene rings is 1. The van der Waals surface area contributed by atoms with Crippen LogP contribution in [0.5, 0.6) is 0 Å². The lowest BCUT2D eigenvalue weighted by molar-refractivity contribution is 0.0902. The van der Waals surface area contributed by atoms with Gasteiger partial charge in [0.2, 0.25) is 0 Å². The molecule has 4 heterocycles. The second-order valence-corrected chi connectivity index (χ2v) is 10.6. The van der Waals surface area contributed by atoms with Gasteiger partial charge in [0.25, 0.3) is 5.91 Å². The van der Waals surface area contributed by atoms with Crippen LogP contribution in [-0.2, 0) is 0 Å². The molecule has 7 heteroatoms. The molecule has 2 saturated heterocycles. The number of nitrogens with one attached hydrogen (secondary N) is 1. The number of piperidine rings is 2. The van der Waals surface area contributed by atoms with Crippen LogP contribution in [0.2, 0.25) is 0 Å². The lowest BCUT2D eigenvalue weighted by Crippen LogP contribution is -2.47. The molecule has 1 amide bonds. The van der Waals surface area contributed by atoms with Crippen LogP contribution in [0.3, 0.4) is 0 Å². The molecule has 2 aliphatic rings. The van der Waals surface area contributed by atoms with E-state index in [1.165, 1.54) is 63.8 Å². The third kappa shape index (κ3) is 5.32. The van der Waals surface area contributed by atoms with E-state index in [1.807, 2.05) is 18.4 Å². The molecule has 2 aromatic heterocycles. The first-order chi connectivity index (χ1) is 17.5. The molecular formula is C29H40N6O. The molecule has 0 saturated carbocycles. The zero-order chi connectivity index (χ0) is 25.1. The summed E-state index contributed by atoms with van der Waals surface area (Å²) in [4.78, 5) is 22.9. The van der Waals surface area contributed by atoms with Crippen molar-refractivity contribution in [2.75, 3.05) is 39.3 Å². The molecule has 0 atom stereocenters. The largest absolute Gasteiger partial charge is 0.352 e. The van der Waals surface area contributed by atoms with Crippen molar-refractivity contribution in [1.29, 1.82) is 0 Å². The highest BCUT2D eigenvalue weighted by molar-refractivity contribution is 5.95. The van der Waals surface area contributed by atoms with E-state index in [1.54, 1.807) is 6.20 Å². The van der Waals surface area contributed by atoms with E-state index < -0.39 is 0 Å². The van der Waals surface area contributed by atoms with Crippen LogP contribution in [0.25, 0.3) is 16.8 Å². The minimum Gasteiger partial charge on any atom is -0.352 e. The molecule has 2 fully saturated rings. The zero-order valence-electron chi connectivity index (χ0n) is 22.1. The second kappa shape index (κ2) is 11.1. The number of carbonyl (C=O) groups is 1. The fraction of sp³-hybridized carbons (Fsp3) is 0.552. The highest BCUT2D eigenvalue weighted by atomic mass is 16.1. The lowest BCUT2D eigenvalue weighted by Gasteiger charge is -2.40. The molecule has 36 heavy (non-hydrogen) atoms. The summed E-state index contributed by atoms with van der Waals surface area (Å²) in [7, 11) is 0. The Morgan fingerprint density at radius 2 is 1.83 bits per heavy atom. The third-order valence-corrected chi connectivity index (χ3v) is 8.01. The van der Waals surface area contributed by atoms with Gasteiger partial charge >= 0.3 is 0 Å². The van der Waals surface area contributed by atoms with E-state index in [4.69, 9.17) is 5.10 Å². The van der Waals surface area contributed by atoms with Gasteiger partial charge in [-0.15, -0.1) is 0 Å². The molecular weight excluding hydrogens is 448 g/mol. The van der Waals surface area contributed by atoms with Crippen molar-refractivity contribution in [3.05, 3.63) is 53.0 Å². The van der Waals surface area contributed by atoms with Crippen molar-refractivity contribution < 1.29 is 4.79 Å². The van der Waals surface area contributed by atoms with Gasteiger partial charge in [0, 0.05) is 24.3 Å². The molecule has 1 N–H and O–H groups in total. The number of hydrogen-bond donors (Lipinski definition) is 1. The van der Waals surface area contributed by atoms with Crippen LogP contribution in [-0.4, -0.2) is 75.6 Å². The number of amides is 1. The number of rotatable bonds is 7. The molecule has 7 nitrogen and oxygen atoms in total. The Bertz CT molecular complexity index is 1200. The van der Waals surface area contributed by atoms with Gasteiger partial charge in [-0.25, -0.2) is 9.50 Å². The van der Waals surface area contributed by atoms with E-state index in [0.29, 0.717) is 12.1 Å². The first-order valence-corrected chi connectivity index (χ1v) is 13.7. The predicted molar refractivity (Wildman–Crippen MR) is 144 cm³/mol. The first-order valence-electron chi connectivity index (χ1n) is 13.7. The number of carbonyl (C=O) groups excluding carboxylic acids is 1. The van der Waals surface area contributed by atoms with Gasteiger partial charge in [-0.2, -0.15) is 5.10 Å². The summed E-state index contributed by atoms with van der Waals surface area (Å²) in [6.45, 7) is 12.7. The van der Waals surface area contributed by atoms with Gasteiger partial charge < -0.3 is 15.1 Å². The maximum Gasteiger partial charge on any atom is 0.254 e. The first kappa shape index (κ1) is 24.9. The molecule has 3 aromatic rings. The highest BCUT2D eigenvalue weighted by Crippen LogP contribution is 2.29. The smallest absolute Gasteiger partial charge is 0.254 e. The molecule has 0 bridgehead atoms. The van der Waals surface area contributed by atoms with Gasteiger partial charge in [0.15, 0.2) is 5.65 Å². The molecule has 2 aliphatic heterocycles. The van der Waals surface area contributed by atoms with Crippen molar-refractivity contribution in [3.63, 3.8) is 0 Å². The highest BCUT2D eigenvalue weighted by Gasteiger charge is 2.25. The quantitative estimate of drug-likeness (QED) is 0.500. The summed E-state index contributed by atoms with van der Waals surface area (Å²) in [6, 6.07) is 9.16. The summed E-state index contributed by atoms with van der Waals surface area (Å²) in [5.41, 5.74) is 6.44. The maximum absolute atomic E-state index is 13.0. The minimum absolute atomic E-state index is 0.0732.